The minimum absolute atomic E-state index is 0.447. The number of nitrogens with zero attached hydrogens (tertiary/aromatic N) is 2. The van der Waals surface area contributed by atoms with Crippen LogP contribution >= 0.6 is 0 Å². The van der Waals surface area contributed by atoms with Crippen molar-refractivity contribution in [1.29, 1.82) is 0 Å². The second-order valence-electron chi connectivity index (χ2n) is 4.66. The highest BCUT2D eigenvalue weighted by Gasteiger charge is 2.15. The Kier molecular flexibility index (Phi) is 4.92. The molecule has 0 aliphatic heterocycles. The zero-order valence-corrected chi connectivity index (χ0v) is 10.4. The molecule has 0 amide bonds. The van der Waals surface area contributed by atoms with E-state index in [4.69, 9.17) is 5.73 Å². The summed E-state index contributed by atoms with van der Waals surface area (Å²) in [6, 6.07) is 0.925. The van der Waals surface area contributed by atoms with Crippen LogP contribution in [-0.4, -0.2) is 29.5 Å². The van der Waals surface area contributed by atoms with E-state index >= 15 is 0 Å². The lowest BCUT2D eigenvalue weighted by atomic mass is 9.96. The van der Waals surface area contributed by atoms with Crippen molar-refractivity contribution in [2.45, 2.75) is 65.0 Å². The Hall–Kier alpha value is -0.730. The van der Waals surface area contributed by atoms with Crippen LogP contribution in [0.25, 0.3) is 0 Å². The molecule has 0 aromatic heterocycles. The monoisotopic (exact) mass is 211 g/mol. The molecular weight excluding hydrogens is 186 g/mol. The maximum Gasteiger partial charge on any atom is 0.191 e. The van der Waals surface area contributed by atoms with Gasteiger partial charge in [0.15, 0.2) is 5.96 Å². The van der Waals surface area contributed by atoms with Crippen LogP contribution in [0.15, 0.2) is 4.99 Å². The van der Waals surface area contributed by atoms with Crippen molar-refractivity contribution in [3.8, 4) is 0 Å². The van der Waals surface area contributed by atoms with Gasteiger partial charge in [0.05, 0.1) is 6.04 Å². The molecule has 0 radical (unpaired) electrons. The van der Waals surface area contributed by atoms with Crippen molar-refractivity contribution in [2.24, 2.45) is 10.7 Å². The molecule has 0 spiro atoms. The Morgan fingerprint density at radius 2 is 1.93 bits per heavy atom. The number of hydrogen-bond acceptors (Lipinski definition) is 1. The van der Waals surface area contributed by atoms with E-state index in [1.807, 2.05) is 0 Å². The Labute approximate surface area is 93.7 Å². The Morgan fingerprint density at radius 1 is 1.33 bits per heavy atom. The van der Waals surface area contributed by atoms with Gasteiger partial charge in [-0.3, -0.25) is 0 Å². The van der Waals surface area contributed by atoms with Crippen LogP contribution in [0.5, 0.6) is 0 Å². The second-order valence-corrected chi connectivity index (χ2v) is 4.66. The molecule has 3 heteroatoms. The smallest absolute Gasteiger partial charge is 0.191 e. The van der Waals surface area contributed by atoms with Gasteiger partial charge in [-0.2, -0.15) is 0 Å². The number of rotatable bonds is 3. The third-order valence-corrected chi connectivity index (χ3v) is 3.15. The first-order chi connectivity index (χ1) is 7.15. The van der Waals surface area contributed by atoms with Gasteiger partial charge < -0.3 is 10.6 Å². The van der Waals surface area contributed by atoms with Gasteiger partial charge in [-0.15, -0.1) is 0 Å². The summed E-state index contributed by atoms with van der Waals surface area (Å²) >= 11 is 0. The second kappa shape index (κ2) is 5.99. The van der Waals surface area contributed by atoms with Gasteiger partial charge in [-0.05, 0) is 33.6 Å². The van der Waals surface area contributed by atoms with E-state index in [-0.39, 0.29) is 0 Å². The van der Waals surface area contributed by atoms with E-state index in [9.17, 15) is 0 Å². The normalized spacial score (nSPS) is 19.6. The molecule has 0 unspecified atom stereocenters. The van der Waals surface area contributed by atoms with Crippen LogP contribution in [0, 0.1) is 0 Å². The van der Waals surface area contributed by atoms with Gasteiger partial charge in [-0.1, -0.05) is 19.3 Å². The van der Waals surface area contributed by atoms with Crippen molar-refractivity contribution in [2.75, 3.05) is 6.54 Å². The molecule has 1 rings (SSSR count). The molecule has 0 aromatic carbocycles. The summed E-state index contributed by atoms with van der Waals surface area (Å²) in [6.07, 6.45) is 6.44. The number of hydrogen-bond donors (Lipinski definition) is 1. The molecule has 88 valence electrons. The summed E-state index contributed by atoms with van der Waals surface area (Å²) in [6.45, 7) is 7.39. The highest BCUT2D eigenvalue weighted by atomic mass is 15.3. The first-order valence-electron chi connectivity index (χ1n) is 6.25. The van der Waals surface area contributed by atoms with Crippen molar-refractivity contribution >= 4 is 5.96 Å². The van der Waals surface area contributed by atoms with Crippen LogP contribution in [0.1, 0.15) is 52.9 Å². The van der Waals surface area contributed by atoms with Crippen molar-refractivity contribution in [3.63, 3.8) is 0 Å². The Bertz CT molecular complexity index is 205. The maximum absolute atomic E-state index is 6.04. The van der Waals surface area contributed by atoms with Gasteiger partial charge in [0.2, 0.25) is 0 Å². The van der Waals surface area contributed by atoms with E-state index in [1.54, 1.807) is 0 Å². The van der Waals surface area contributed by atoms with Crippen molar-refractivity contribution in [3.05, 3.63) is 0 Å². The Morgan fingerprint density at radius 3 is 2.40 bits per heavy atom. The molecule has 0 atom stereocenters. The van der Waals surface area contributed by atoms with Gasteiger partial charge in [0, 0.05) is 12.6 Å². The molecule has 0 bridgehead atoms. The van der Waals surface area contributed by atoms with Gasteiger partial charge >= 0.3 is 0 Å². The summed E-state index contributed by atoms with van der Waals surface area (Å²) in [5.41, 5.74) is 6.04. The third kappa shape index (κ3) is 3.73. The summed E-state index contributed by atoms with van der Waals surface area (Å²) in [5.74, 6) is 0.736. The van der Waals surface area contributed by atoms with Crippen molar-refractivity contribution in [1.82, 2.24) is 4.90 Å². The quantitative estimate of drug-likeness (QED) is 0.575. The molecule has 0 aromatic rings. The molecule has 1 aliphatic carbocycles. The van der Waals surface area contributed by atoms with Gasteiger partial charge in [0.1, 0.15) is 0 Å². The fraction of sp³-hybridized carbons (Fsp3) is 0.917. The lowest BCUT2D eigenvalue weighted by Crippen LogP contribution is -2.42. The number of guanidine groups is 1. The average Bonchev–Trinajstić information content (AvgIpc) is 2.19. The molecule has 1 aliphatic rings. The summed E-state index contributed by atoms with van der Waals surface area (Å²) < 4.78 is 0. The largest absolute Gasteiger partial charge is 0.370 e. The fourth-order valence-corrected chi connectivity index (χ4v) is 2.26. The standard InChI is InChI=1S/C12H25N3/c1-4-15(10(2)3)12(13)14-11-8-6-5-7-9-11/h10-11H,4-9H2,1-3H3,(H2,13,14). The number of nitrogens with two attached hydrogens (primary N) is 1. The lowest BCUT2D eigenvalue weighted by Gasteiger charge is -2.28. The van der Waals surface area contributed by atoms with Crippen LogP contribution in [-0.2, 0) is 0 Å². The Balaban J connectivity index is 2.55. The molecule has 0 heterocycles. The summed E-state index contributed by atoms with van der Waals surface area (Å²) in [5, 5.41) is 0. The van der Waals surface area contributed by atoms with Crippen LogP contribution in [0.3, 0.4) is 0 Å². The first-order valence-corrected chi connectivity index (χ1v) is 6.25. The fourth-order valence-electron chi connectivity index (χ4n) is 2.26. The molecule has 3 nitrogen and oxygen atoms in total. The molecular formula is C12H25N3. The van der Waals surface area contributed by atoms with E-state index in [1.165, 1.54) is 32.1 Å². The first kappa shape index (κ1) is 12.3. The summed E-state index contributed by atoms with van der Waals surface area (Å²) in [7, 11) is 0. The highest BCUT2D eigenvalue weighted by molar-refractivity contribution is 5.78. The molecule has 1 saturated carbocycles. The predicted octanol–water partition coefficient (Wildman–Crippen LogP) is 2.36. The highest BCUT2D eigenvalue weighted by Crippen LogP contribution is 2.20. The van der Waals surface area contributed by atoms with Crippen molar-refractivity contribution < 1.29 is 0 Å². The minimum Gasteiger partial charge on any atom is -0.370 e. The topological polar surface area (TPSA) is 41.6 Å². The average molecular weight is 211 g/mol. The van der Waals surface area contributed by atoms with E-state index in [0.29, 0.717) is 12.1 Å². The molecule has 0 saturated heterocycles. The molecule has 15 heavy (non-hydrogen) atoms. The van der Waals surface area contributed by atoms with Crippen LogP contribution < -0.4 is 5.73 Å². The van der Waals surface area contributed by atoms with Gasteiger partial charge in [-0.25, -0.2) is 4.99 Å². The van der Waals surface area contributed by atoms with Crippen LogP contribution in [0.2, 0.25) is 0 Å². The maximum atomic E-state index is 6.04. The minimum atomic E-state index is 0.447. The molecule has 1 fully saturated rings. The molecule has 2 N–H and O–H groups in total. The van der Waals surface area contributed by atoms with E-state index in [0.717, 1.165) is 12.5 Å². The van der Waals surface area contributed by atoms with E-state index in [2.05, 4.69) is 30.7 Å². The SMILES string of the molecule is CCN(C(N)=NC1CCCCC1)C(C)C. The third-order valence-electron chi connectivity index (χ3n) is 3.15. The van der Waals surface area contributed by atoms with Gasteiger partial charge in [0.25, 0.3) is 0 Å². The zero-order valence-electron chi connectivity index (χ0n) is 10.4. The zero-order chi connectivity index (χ0) is 11.3. The number of aliphatic imine (C=N–C) groups is 1. The van der Waals surface area contributed by atoms with E-state index < -0.39 is 0 Å². The lowest BCUT2D eigenvalue weighted by molar-refractivity contribution is 0.354. The van der Waals surface area contributed by atoms with Crippen LogP contribution in [0.4, 0.5) is 0 Å². The predicted molar refractivity (Wildman–Crippen MR) is 66.0 cm³/mol. The summed E-state index contributed by atoms with van der Waals surface area (Å²) in [4.78, 5) is 6.81.